The summed E-state index contributed by atoms with van der Waals surface area (Å²) in [6, 6.07) is 0. The Morgan fingerprint density at radius 3 is 2.52 bits per heavy atom. The van der Waals surface area contributed by atoms with E-state index >= 15 is 0 Å². The predicted octanol–water partition coefficient (Wildman–Crippen LogP) is 3.76. The summed E-state index contributed by atoms with van der Waals surface area (Å²) in [7, 11) is -1.28. The number of carbonyl (C=O) groups excluding carboxylic acids is 1. The molecule has 0 bridgehead atoms. The fourth-order valence-electron chi connectivity index (χ4n) is 1.36. The highest BCUT2D eigenvalue weighted by Gasteiger charge is 2.06. The van der Waals surface area contributed by atoms with E-state index in [1.165, 1.54) is 0 Å². The van der Waals surface area contributed by atoms with Gasteiger partial charge in [0.15, 0.2) is 0 Å². The minimum Gasteiger partial charge on any atom is -0.352 e. The van der Waals surface area contributed by atoms with Gasteiger partial charge in [-0.1, -0.05) is 45.5 Å². The standard InChI is InChI=1S/C18H29NOSi/c1-17(2)16-19-18(20)14-12-10-8-6-7-9-11-13-15-21(3,4)5/h12,14,17H,6-8,10,16H2,1-5H3,(H,19,20)/b14-12+. The normalized spacial score (nSPS) is 10.8. The van der Waals surface area contributed by atoms with Crippen LogP contribution in [0.15, 0.2) is 12.2 Å². The average molecular weight is 304 g/mol. The van der Waals surface area contributed by atoms with Crippen molar-refractivity contribution in [1.29, 1.82) is 0 Å². The first-order valence-electron chi connectivity index (χ1n) is 7.75. The molecule has 0 aliphatic carbocycles. The molecular weight excluding hydrogens is 274 g/mol. The SMILES string of the molecule is CC(C)CNC(=O)/C=C/CCCCC#CC#C[Si](C)(C)C. The van der Waals surface area contributed by atoms with Crippen LogP contribution in [0.4, 0.5) is 0 Å². The fraction of sp³-hybridized carbons (Fsp3) is 0.611. The first-order chi connectivity index (χ1) is 9.81. The van der Waals surface area contributed by atoms with Gasteiger partial charge in [-0.05, 0) is 43.1 Å². The second-order valence-corrected chi connectivity index (χ2v) is 11.3. The molecule has 0 saturated heterocycles. The Kier molecular flexibility index (Phi) is 10.5. The number of amides is 1. The molecule has 2 nitrogen and oxygen atoms in total. The van der Waals surface area contributed by atoms with Gasteiger partial charge in [-0.2, -0.15) is 0 Å². The summed E-state index contributed by atoms with van der Waals surface area (Å²) in [6.07, 6.45) is 7.50. The molecule has 0 rings (SSSR count). The molecule has 116 valence electrons. The van der Waals surface area contributed by atoms with Crippen LogP contribution in [-0.2, 0) is 4.79 Å². The molecule has 3 heteroatoms. The molecule has 0 aromatic heterocycles. The number of nitrogens with one attached hydrogen (secondary N) is 1. The van der Waals surface area contributed by atoms with Crippen molar-refractivity contribution in [1.82, 2.24) is 5.32 Å². The number of hydrogen-bond acceptors (Lipinski definition) is 1. The van der Waals surface area contributed by atoms with Crippen LogP contribution < -0.4 is 5.32 Å². The lowest BCUT2D eigenvalue weighted by atomic mass is 10.2. The summed E-state index contributed by atoms with van der Waals surface area (Å²) in [6.45, 7) is 11.5. The number of allylic oxidation sites excluding steroid dienone is 1. The van der Waals surface area contributed by atoms with Crippen LogP contribution in [0.2, 0.25) is 19.6 Å². The van der Waals surface area contributed by atoms with Crippen LogP contribution in [0.3, 0.4) is 0 Å². The summed E-state index contributed by atoms with van der Waals surface area (Å²) in [5.41, 5.74) is 3.22. The Morgan fingerprint density at radius 2 is 1.90 bits per heavy atom. The van der Waals surface area contributed by atoms with Crippen molar-refractivity contribution in [3.8, 4) is 23.3 Å². The number of hydrogen-bond donors (Lipinski definition) is 1. The van der Waals surface area contributed by atoms with Gasteiger partial charge in [0, 0.05) is 13.0 Å². The second kappa shape index (κ2) is 11.2. The number of unbranched alkanes of at least 4 members (excludes halogenated alkanes) is 3. The lowest BCUT2D eigenvalue weighted by Gasteiger charge is -2.04. The van der Waals surface area contributed by atoms with Crippen molar-refractivity contribution < 1.29 is 4.79 Å². The van der Waals surface area contributed by atoms with Gasteiger partial charge in [0.05, 0.1) is 0 Å². The highest BCUT2D eigenvalue weighted by Crippen LogP contribution is 2.00. The van der Waals surface area contributed by atoms with E-state index in [2.05, 4.69) is 62.1 Å². The van der Waals surface area contributed by atoms with Crippen molar-refractivity contribution in [2.45, 2.75) is 59.2 Å². The van der Waals surface area contributed by atoms with E-state index in [0.717, 1.165) is 32.2 Å². The van der Waals surface area contributed by atoms with Gasteiger partial charge in [-0.3, -0.25) is 4.79 Å². The van der Waals surface area contributed by atoms with Crippen LogP contribution in [0.5, 0.6) is 0 Å². The monoisotopic (exact) mass is 303 g/mol. The van der Waals surface area contributed by atoms with E-state index in [1.807, 2.05) is 6.08 Å². The predicted molar refractivity (Wildman–Crippen MR) is 94.4 cm³/mol. The lowest BCUT2D eigenvalue weighted by molar-refractivity contribution is -0.116. The smallest absolute Gasteiger partial charge is 0.243 e. The van der Waals surface area contributed by atoms with Gasteiger partial charge >= 0.3 is 0 Å². The van der Waals surface area contributed by atoms with Gasteiger partial charge in [0.25, 0.3) is 0 Å². The fourth-order valence-corrected chi connectivity index (χ4v) is 1.79. The molecule has 21 heavy (non-hydrogen) atoms. The Labute approximate surface area is 131 Å². The van der Waals surface area contributed by atoms with E-state index < -0.39 is 8.07 Å². The third-order valence-corrected chi connectivity index (χ3v) is 3.34. The van der Waals surface area contributed by atoms with E-state index in [-0.39, 0.29) is 5.91 Å². The average Bonchev–Trinajstić information content (AvgIpc) is 2.37. The molecule has 0 atom stereocenters. The quantitative estimate of drug-likeness (QED) is 0.330. The molecule has 0 radical (unpaired) electrons. The van der Waals surface area contributed by atoms with Gasteiger partial charge in [0.1, 0.15) is 8.07 Å². The zero-order chi connectivity index (χ0) is 16.1. The summed E-state index contributed by atoms with van der Waals surface area (Å²) in [4.78, 5) is 11.4. The zero-order valence-electron chi connectivity index (χ0n) is 14.2. The third-order valence-electron chi connectivity index (χ3n) is 2.46. The topological polar surface area (TPSA) is 29.1 Å². The zero-order valence-corrected chi connectivity index (χ0v) is 15.2. The first-order valence-corrected chi connectivity index (χ1v) is 11.3. The molecule has 0 aliphatic heterocycles. The van der Waals surface area contributed by atoms with E-state index in [1.54, 1.807) is 6.08 Å². The van der Waals surface area contributed by atoms with E-state index in [9.17, 15) is 4.79 Å². The molecule has 0 fully saturated rings. The molecular formula is C18H29NOSi. The number of rotatable bonds is 7. The molecule has 1 N–H and O–H groups in total. The molecule has 0 aromatic carbocycles. The highest BCUT2D eigenvalue weighted by atomic mass is 28.3. The van der Waals surface area contributed by atoms with Crippen LogP contribution in [-0.4, -0.2) is 20.5 Å². The third kappa shape index (κ3) is 16.5. The van der Waals surface area contributed by atoms with E-state index in [0.29, 0.717) is 5.92 Å². The largest absolute Gasteiger partial charge is 0.352 e. The Bertz CT molecular complexity index is 450. The van der Waals surface area contributed by atoms with Crippen LogP contribution in [0.25, 0.3) is 0 Å². The highest BCUT2D eigenvalue weighted by molar-refractivity contribution is 6.83. The van der Waals surface area contributed by atoms with Crippen molar-refractivity contribution in [3.05, 3.63) is 12.2 Å². The van der Waals surface area contributed by atoms with Gasteiger partial charge in [-0.15, -0.1) is 5.54 Å². The molecule has 0 aromatic rings. The molecule has 0 heterocycles. The minimum absolute atomic E-state index is 0.00473. The van der Waals surface area contributed by atoms with Crippen molar-refractivity contribution >= 4 is 14.0 Å². The molecule has 0 aliphatic rings. The van der Waals surface area contributed by atoms with Crippen molar-refractivity contribution in [2.75, 3.05) is 6.54 Å². The van der Waals surface area contributed by atoms with Crippen LogP contribution in [0, 0.1) is 29.2 Å². The van der Waals surface area contributed by atoms with Gasteiger partial charge in [-0.25, -0.2) is 0 Å². The molecule has 1 amide bonds. The molecule has 0 saturated carbocycles. The maximum atomic E-state index is 11.4. The Balaban J connectivity index is 3.66. The molecule has 0 spiro atoms. The summed E-state index contributed by atoms with van der Waals surface area (Å²) in [5.74, 6) is 9.45. The van der Waals surface area contributed by atoms with Crippen LogP contribution >= 0.6 is 0 Å². The first kappa shape index (κ1) is 19.5. The van der Waals surface area contributed by atoms with Crippen molar-refractivity contribution in [3.63, 3.8) is 0 Å². The van der Waals surface area contributed by atoms with E-state index in [4.69, 9.17) is 0 Å². The van der Waals surface area contributed by atoms with Crippen LogP contribution in [0.1, 0.15) is 39.5 Å². The Morgan fingerprint density at radius 1 is 1.19 bits per heavy atom. The summed E-state index contributed by atoms with van der Waals surface area (Å²) in [5, 5.41) is 2.86. The van der Waals surface area contributed by atoms with Gasteiger partial charge in [0.2, 0.25) is 5.91 Å². The summed E-state index contributed by atoms with van der Waals surface area (Å²) >= 11 is 0. The maximum absolute atomic E-state index is 11.4. The minimum atomic E-state index is -1.28. The van der Waals surface area contributed by atoms with Crippen molar-refractivity contribution in [2.24, 2.45) is 5.92 Å². The number of carbonyl (C=O) groups is 1. The maximum Gasteiger partial charge on any atom is 0.243 e. The summed E-state index contributed by atoms with van der Waals surface area (Å²) < 4.78 is 0. The lowest BCUT2D eigenvalue weighted by Crippen LogP contribution is -2.25. The van der Waals surface area contributed by atoms with Gasteiger partial charge < -0.3 is 5.32 Å². The Hall–Kier alpha value is -1.45. The molecule has 0 unspecified atom stereocenters. The second-order valence-electron chi connectivity index (χ2n) is 6.59.